The Hall–Kier alpha value is -1.59. The lowest BCUT2D eigenvalue weighted by Gasteiger charge is -2.18. The van der Waals surface area contributed by atoms with Crippen LogP contribution in [0.25, 0.3) is 0 Å². The topological polar surface area (TPSA) is 78.9 Å². The highest BCUT2D eigenvalue weighted by Gasteiger charge is 2.19. The second-order valence-electron chi connectivity index (χ2n) is 17.9. The van der Waals surface area contributed by atoms with E-state index in [1.54, 1.807) is 0 Å². The molecule has 0 aliphatic rings. The molecule has 0 amide bonds. The number of esters is 3. The van der Waals surface area contributed by atoms with Gasteiger partial charge in [-0.25, -0.2) is 0 Å². The zero-order valence-corrected chi connectivity index (χ0v) is 38.8. The molecule has 0 bridgehead atoms. The highest BCUT2D eigenvalue weighted by atomic mass is 16.6. The van der Waals surface area contributed by atoms with E-state index in [2.05, 4.69) is 27.7 Å². The van der Waals surface area contributed by atoms with Gasteiger partial charge in [0.25, 0.3) is 0 Å². The molecule has 0 aliphatic heterocycles. The summed E-state index contributed by atoms with van der Waals surface area (Å²) < 4.78 is 16.8. The lowest BCUT2D eigenvalue weighted by molar-refractivity contribution is -0.167. The van der Waals surface area contributed by atoms with Crippen molar-refractivity contribution in [3.05, 3.63) is 0 Å². The average Bonchev–Trinajstić information content (AvgIpc) is 3.19. The van der Waals surface area contributed by atoms with Gasteiger partial charge < -0.3 is 14.2 Å². The molecule has 0 rings (SSSR count). The van der Waals surface area contributed by atoms with Gasteiger partial charge in [0, 0.05) is 19.3 Å². The van der Waals surface area contributed by atoms with E-state index < -0.39 is 6.10 Å². The molecule has 0 aromatic heterocycles. The Labute approximate surface area is 355 Å². The van der Waals surface area contributed by atoms with E-state index in [0.29, 0.717) is 19.3 Å². The third-order valence-corrected chi connectivity index (χ3v) is 11.5. The van der Waals surface area contributed by atoms with Gasteiger partial charge in [0.05, 0.1) is 0 Å². The molecule has 0 N–H and O–H groups in total. The van der Waals surface area contributed by atoms with E-state index in [9.17, 15) is 14.4 Å². The molecule has 0 radical (unpaired) electrons. The van der Waals surface area contributed by atoms with E-state index in [4.69, 9.17) is 14.2 Å². The van der Waals surface area contributed by atoms with Crippen LogP contribution in [0.2, 0.25) is 0 Å². The van der Waals surface area contributed by atoms with E-state index >= 15 is 0 Å². The van der Waals surface area contributed by atoms with Gasteiger partial charge in [0.1, 0.15) is 13.2 Å². The monoisotopic (exact) mass is 807 g/mol. The van der Waals surface area contributed by atoms with Crippen LogP contribution in [0.3, 0.4) is 0 Å². The Bertz CT molecular complexity index is 857. The Morgan fingerprint density at radius 2 is 0.579 bits per heavy atom. The highest BCUT2D eigenvalue weighted by Crippen LogP contribution is 2.17. The van der Waals surface area contributed by atoms with Crippen LogP contribution in [0.5, 0.6) is 0 Å². The van der Waals surface area contributed by atoms with Crippen LogP contribution in [0, 0.1) is 5.92 Å². The van der Waals surface area contributed by atoms with Crippen molar-refractivity contribution in [1.29, 1.82) is 0 Å². The third-order valence-electron chi connectivity index (χ3n) is 11.5. The van der Waals surface area contributed by atoms with Gasteiger partial charge in [-0.1, -0.05) is 246 Å². The van der Waals surface area contributed by atoms with Crippen LogP contribution in [0.15, 0.2) is 0 Å². The fourth-order valence-electron chi connectivity index (χ4n) is 7.69. The Morgan fingerprint density at radius 1 is 0.333 bits per heavy atom. The molecule has 57 heavy (non-hydrogen) atoms. The first kappa shape index (κ1) is 55.4. The first-order valence-electron chi connectivity index (χ1n) is 25.4. The van der Waals surface area contributed by atoms with Crippen LogP contribution < -0.4 is 0 Å². The predicted molar refractivity (Wildman–Crippen MR) is 243 cm³/mol. The van der Waals surface area contributed by atoms with Crippen molar-refractivity contribution >= 4 is 17.9 Å². The summed E-state index contributed by atoms with van der Waals surface area (Å²) in [7, 11) is 0. The van der Waals surface area contributed by atoms with E-state index in [1.165, 1.54) is 180 Å². The number of hydrogen-bond donors (Lipinski definition) is 0. The highest BCUT2D eigenvalue weighted by molar-refractivity contribution is 5.71. The summed E-state index contributed by atoms with van der Waals surface area (Å²) in [6.07, 6.45) is 46.6. The first-order valence-corrected chi connectivity index (χ1v) is 25.4. The number of unbranched alkanes of at least 4 members (excludes halogenated alkanes) is 33. The molecule has 0 saturated heterocycles. The summed E-state index contributed by atoms with van der Waals surface area (Å²) in [5.41, 5.74) is 0. The zero-order chi connectivity index (χ0) is 41.7. The van der Waals surface area contributed by atoms with Crippen molar-refractivity contribution in [1.82, 2.24) is 0 Å². The smallest absolute Gasteiger partial charge is 0.306 e. The summed E-state index contributed by atoms with van der Waals surface area (Å²) in [6, 6.07) is 0. The van der Waals surface area contributed by atoms with Gasteiger partial charge in [-0.2, -0.15) is 0 Å². The van der Waals surface area contributed by atoms with E-state index in [-0.39, 0.29) is 31.1 Å². The Kier molecular flexibility index (Phi) is 44.2. The van der Waals surface area contributed by atoms with E-state index in [1.807, 2.05) is 0 Å². The van der Waals surface area contributed by atoms with Crippen molar-refractivity contribution in [3.8, 4) is 0 Å². The Morgan fingerprint density at radius 3 is 0.860 bits per heavy atom. The number of hydrogen-bond acceptors (Lipinski definition) is 6. The molecule has 0 spiro atoms. The van der Waals surface area contributed by atoms with Crippen molar-refractivity contribution in [2.24, 2.45) is 5.92 Å². The molecule has 338 valence electrons. The summed E-state index contributed by atoms with van der Waals surface area (Å²) >= 11 is 0. The van der Waals surface area contributed by atoms with Crippen molar-refractivity contribution < 1.29 is 28.6 Å². The minimum Gasteiger partial charge on any atom is -0.462 e. The number of carbonyl (C=O) groups is 3. The lowest BCUT2D eigenvalue weighted by Crippen LogP contribution is -2.30. The van der Waals surface area contributed by atoms with Gasteiger partial charge >= 0.3 is 17.9 Å². The second kappa shape index (κ2) is 45.5. The normalized spacial score (nSPS) is 11.9. The predicted octanol–water partition coefficient (Wildman–Crippen LogP) is 16.3. The number of rotatable bonds is 46. The molecule has 0 unspecified atom stereocenters. The molecule has 6 heteroatoms. The fraction of sp³-hybridized carbons (Fsp3) is 0.941. The van der Waals surface area contributed by atoms with Crippen LogP contribution in [-0.4, -0.2) is 37.2 Å². The fourth-order valence-corrected chi connectivity index (χ4v) is 7.69. The Balaban J connectivity index is 4.28. The maximum Gasteiger partial charge on any atom is 0.306 e. The zero-order valence-electron chi connectivity index (χ0n) is 38.8. The quantitative estimate of drug-likeness (QED) is 0.0346. The largest absolute Gasteiger partial charge is 0.462 e. The second-order valence-corrected chi connectivity index (χ2v) is 17.9. The van der Waals surface area contributed by atoms with Gasteiger partial charge in [0.15, 0.2) is 6.10 Å². The van der Waals surface area contributed by atoms with Crippen molar-refractivity contribution in [3.63, 3.8) is 0 Å². The van der Waals surface area contributed by atoms with Gasteiger partial charge in [0.2, 0.25) is 0 Å². The summed E-state index contributed by atoms with van der Waals surface area (Å²) in [4.78, 5) is 37.8. The van der Waals surface area contributed by atoms with Gasteiger partial charge in [-0.3, -0.25) is 14.4 Å². The number of carbonyl (C=O) groups excluding carboxylic acids is 3. The molecule has 0 aromatic carbocycles. The van der Waals surface area contributed by atoms with Crippen LogP contribution >= 0.6 is 0 Å². The molecular weight excluding hydrogens is 709 g/mol. The van der Waals surface area contributed by atoms with Crippen LogP contribution in [-0.2, 0) is 28.6 Å². The van der Waals surface area contributed by atoms with Crippen molar-refractivity contribution in [2.45, 2.75) is 291 Å². The lowest BCUT2D eigenvalue weighted by atomic mass is 10.0. The van der Waals surface area contributed by atoms with E-state index in [0.717, 1.165) is 63.7 Å². The minimum atomic E-state index is -0.760. The molecule has 1 atom stereocenters. The molecular formula is C51H98O6. The third kappa shape index (κ3) is 45.3. The molecule has 6 nitrogen and oxygen atoms in total. The molecule has 0 aliphatic carbocycles. The maximum absolute atomic E-state index is 12.8. The number of ether oxygens (including phenoxy) is 3. The van der Waals surface area contributed by atoms with Gasteiger partial charge in [-0.15, -0.1) is 0 Å². The molecule has 0 aromatic rings. The van der Waals surface area contributed by atoms with Crippen molar-refractivity contribution in [2.75, 3.05) is 13.2 Å². The van der Waals surface area contributed by atoms with Crippen LogP contribution in [0.1, 0.15) is 285 Å². The average molecular weight is 807 g/mol. The standard InChI is InChI=1S/C51H98O6/c1-5-7-9-11-13-15-17-18-19-20-21-22-27-31-35-39-43-50(53)56-46-48(45-55-49(52)42-38-34-30-26-16-14-12-10-8-6-2)57-51(54)44-40-36-32-28-24-23-25-29-33-37-41-47(3)4/h47-48H,5-46H2,1-4H3/t48-/m0/s1. The summed E-state index contributed by atoms with van der Waals surface area (Å²) in [5, 5.41) is 0. The minimum absolute atomic E-state index is 0.0631. The van der Waals surface area contributed by atoms with Crippen LogP contribution in [0.4, 0.5) is 0 Å². The summed E-state index contributed by atoms with van der Waals surface area (Å²) in [6.45, 7) is 9.00. The SMILES string of the molecule is CCCCCCCCCCCCCCCCCCC(=O)OC[C@H](COC(=O)CCCCCCCCCCCC)OC(=O)CCCCCCCCCCCCC(C)C. The van der Waals surface area contributed by atoms with Gasteiger partial charge in [-0.05, 0) is 25.2 Å². The molecule has 0 fully saturated rings. The molecule has 0 saturated carbocycles. The first-order chi connectivity index (χ1) is 27.9. The maximum atomic E-state index is 12.8. The summed E-state index contributed by atoms with van der Waals surface area (Å²) in [5.74, 6) is -0.0315. The molecule has 0 heterocycles.